The number of nitrogens with zero attached hydrogens (tertiary/aromatic N) is 1. The van der Waals surface area contributed by atoms with Gasteiger partial charge < -0.3 is 9.72 Å². The van der Waals surface area contributed by atoms with E-state index in [1.54, 1.807) is 6.92 Å². The largest absolute Gasteiger partial charge is 0.462 e. The Morgan fingerprint density at radius 2 is 2.29 bits per heavy atom. The molecule has 0 fully saturated rings. The van der Waals surface area contributed by atoms with Crippen LogP contribution in [0.4, 0.5) is 0 Å². The molecule has 0 aromatic carbocycles. The SMILES string of the molecule is CCCc1[nH]c(=S)c(C#N)cc1C(=O)OCC. The van der Waals surface area contributed by atoms with Gasteiger partial charge in [0, 0.05) is 5.69 Å². The van der Waals surface area contributed by atoms with Crippen LogP contribution in [0.5, 0.6) is 0 Å². The van der Waals surface area contributed by atoms with Crippen molar-refractivity contribution >= 4 is 18.2 Å². The molecular weight excluding hydrogens is 236 g/mol. The summed E-state index contributed by atoms with van der Waals surface area (Å²) in [5.74, 6) is -0.418. The predicted octanol–water partition coefficient (Wildman–Crippen LogP) is 2.75. The van der Waals surface area contributed by atoms with Crippen molar-refractivity contribution in [2.24, 2.45) is 0 Å². The quantitative estimate of drug-likeness (QED) is 0.659. The predicted molar refractivity (Wildman–Crippen MR) is 66.3 cm³/mol. The van der Waals surface area contributed by atoms with Gasteiger partial charge in [-0.3, -0.25) is 0 Å². The molecule has 0 atom stereocenters. The van der Waals surface area contributed by atoms with Crippen molar-refractivity contribution < 1.29 is 9.53 Å². The highest BCUT2D eigenvalue weighted by Crippen LogP contribution is 2.13. The Hall–Kier alpha value is -1.67. The van der Waals surface area contributed by atoms with E-state index in [1.807, 2.05) is 13.0 Å². The number of pyridine rings is 1. The molecule has 1 aromatic heterocycles. The minimum Gasteiger partial charge on any atom is -0.462 e. The highest BCUT2D eigenvalue weighted by Gasteiger charge is 2.14. The molecule has 17 heavy (non-hydrogen) atoms. The summed E-state index contributed by atoms with van der Waals surface area (Å²) in [5.41, 5.74) is 1.43. The topological polar surface area (TPSA) is 65.9 Å². The van der Waals surface area contributed by atoms with E-state index in [-0.39, 0.29) is 0 Å². The molecule has 4 nitrogen and oxygen atoms in total. The lowest BCUT2D eigenvalue weighted by Gasteiger charge is -2.08. The minimum atomic E-state index is -0.418. The first-order chi connectivity index (χ1) is 8.13. The van der Waals surface area contributed by atoms with Crippen molar-refractivity contribution in [1.82, 2.24) is 4.98 Å². The van der Waals surface area contributed by atoms with Crippen LogP contribution in [0, 0.1) is 16.0 Å². The molecule has 90 valence electrons. The molecule has 0 bridgehead atoms. The van der Waals surface area contributed by atoms with Crippen LogP contribution >= 0.6 is 12.2 Å². The van der Waals surface area contributed by atoms with Crippen LogP contribution < -0.4 is 0 Å². The second-order valence-electron chi connectivity index (χ2n) is 3.49. The first kappa shape index (κ1) is 13.4. The fourth-order valence-electron chi connectivity index (χ4n) is 1.49. The number of rotatable bonds is 4. The second kappa shape index (κ2) is 6.16. The molecule has 0 unspecified atom stereocenters. The zero-order valence-electron chi connectivity index (χ0n) is 9.87. The van der Waals surface area contributed by atoms with E-state index in [1.165, 1.54) is 6.07 Å². The Kier molecular flexibility index (Phi) is 4.85. The lowest BCUT2D eigenvalue weighted by atomic mass is 10.1. The number of ether oxygens (including phenoxy) is 1. The Morgan fingerprint density at radius 1 is 1.59 bits per heavy atom. The number of aryl methyl sites for hydroxylation is 1. The summed E-state index contributed by atoms with van der Waals surface area (Å²) in [6.45, 7) is 4.06. The maximum absolute atomic E-state index is 11.7. The van der Waals surface area contributed by atoms with E-state index in [4.69, 9.17) is 22.2 Å². The van der Waals surface area contributed by atoms with Gasteiger partial charge in [0.2, 0.25) is 0 Å². The number of H-pyrrole nitrogens is 1. The number of aromatic nitrogens is 1. The Labute approximate surface area is 105 Å². The van der Waals surface area contributed by atoms with Gasteiger partial charge in [-0.05, 0) is 19.4 Å². The van der Waals surface area contributed by atoms with Gasteiger partial charge >= 0.3 is 5.97 Å². The number of carbonyl (C=O) groups excluding carboxylic acids is 1. The van der Waals surface area contributed by atoms with Gasteiger partial charge in [-0.15, -0.1) is 0 Å². The van der Waals surface area contributed by atoms with Crippen molar-refractivity contribution in [1.29, 1.82) is 5.26 Å². The second-order valence-corrected chi connectivity index (χ2v) is 3.89. The zero-order chi connectivity index (χ0) is 12.8. The third-order valence-corrected chi connectivity index (χ3v) is 2.56. The molecule has 0 saturated heterocycles. The molecule has 1 aromatic rings. The number of aromatic amines is 1. The van der Waals surface area contributed by atoms with Crippen LogP contribution in [0.3, 0.4) is 0 Å². The fraction of sp³-hybridized carbons (Fsp3) is 0.417. The molecule has 1 heterocycles. The molecule has 0 amide bonds. The number of carbonyl (C=O) groups is 1. The zero-order valence-corrected chi connectivity index (χ0v) is 10.7. The highest BCUT2D eigenvalue weighted by molar-refractivity contribution is 7.71. The average Bonchev–Trinajstić information content (AvgIpc) is 2.30. The Morgan fingerprint density at radius 3 is 2.82 bits per heavy atom. The van der Waals surface area contributed by atoms with E-state index >= 15 is 0 Å². The van der Waals surface area contributed by atoms with E-state index < -0.39 is 5.97 Å². The van der Waals surface area contributed by atoms with Crippen LogP contribution in [-0.4, -0.2) is 17.6 Å². The van der Waals surface area contributed by atoms with Crippen molar-refractivity contribution in [3.8, 4) is 6.07 Å². The molecule has 0 saturated carbocycles. The van der Waals surface area contributed by atoms with Crippen LogP contribution in [0.2, 0.25) is 0 Å². The monoisotopic (exact) mass is 250 g/mol. The van der Waals surface area contributed by atoms with E-state index in [2.05, 4.69) is 4.98 Å². The van der Waals surface area contributed by atoms with Gasteiger partial charge in [-0.2, -0.15) is 5.26 Å². The van der Waals surface area contributed by atoms with Crippen molar-refractivity contribution in [2.45, 2.75) is 26.7 Å². The molecule has 0 radical (unpaired) electrons. The summed E-state index contributed by atoms with van der Waals surface area (Å²) in [4.78, 5) is 14.7. The first-order valence-corrected chi connectivity index (χ1v) is 5.88. The third kappa shape index (κ3) is 3.14. The molecule has 1 rings (SSSR count). The summed E-state index contributed by atoms with van der Waals surface area (Å²) in [7, 11) is 0. The van der Waals surface area contributed by atoms with E-state index in [9.17, 15) is 4.79 Å². The van der Waals surface area contributed by atoms with E-state index in [0.717, 1.165) is 12.1 Å². The van der Waals surface area contributed by atoms with Crippen molar-refractivity contribution in [3.05, 3.63) is 27.5 Å². The molecule has 0 aliphatic heterocycles. The van der Waals surface area contributed by atoms with Crippen LogP contribution in [0.15, 0.2) is 6.07 Å². The van der Waals surface area contributed by atoms with Crippen molar-refractivity contribution in [2.75, 3.05) is 6.61 Å². The number of hydrogen-bond donors (Lipinski definition) is 1. The minimum absolute atomic E-state index is 0.294. The number of nitrogens with one attached hydrogen (secondary N) is 1. The van der Waals surface area contributed by atoms with Crippen LogP contribution in [-0.2, 0) is 11.2 Å². The Bertz CT molecular complexity index is 514. The first-order valence-electron chi connectivity index (χ1n) is 5.47. The summed E-state index contributed by atoms with van der Waals surface area (Å²) < 4.78 is 5.32. The van der Waals surface area contributed by atoms with Gasteiger partial charge in [0.15, 0.2) is 0 Å². The maximum atomic E-state index is 11.7. The van der Waals surface area contributed by atoms with Gasteiger partial charge in [0.05, 0.1) is 17.7 Å². The van der Waals surface area contributed by atoms with Crippen LogP contribution in [0.25, 0.3) is 0 Å². The standard InChI is InChI=1S/C12H14N2O2S/c1-3-5-10-9(12(15)16-4-2)6-8(7-13)11(17)14-10/h6H,3-5H2,1-2H3,(H,14,17). The average molecular weight is 250 g/mol. The number of esters is 1. The van der Waals surface area contributed by atoms with Gasteiger partial charge in [0.25, 0.3) is 0 Å². The molecule has 0 aliphatic carbocycles. The third-order valence-electron chi connectivity index (χ3n) is 2.24. The van der Waals surface area contributed by atoms with E-state index in [0.29, 0.717) is 28.8 Å². The summed E-state index contributed by atoms with van der Waals surface area (Å²) >= 11 is 5.03. The molecule has 5 heteroatoms. The smallest absolute Gasteiger partial charge is 0.339 e. The summed E-state index contributed by atoms with van der Waals surface area (Å²) in [6.07, 6.45) is 1.58. The maximum Gasteiger partial charge on any atom is 0.339 e. The van der Waals surface area contributed by atoms with Crippen molar-refractivity contribution in [3.63, 3.8) is 0 Å². The van der Waals surface area contributed by atoms with Gasteiger partial charge in [0.1, 0.15) is 10.7 Å². The van der Waals surface area contributed by atoms with Gasteiger partial charge in [-0.1, -0.05) is 25.6 Å². The normalized spacial score (nSPS) is 9.71. The van der Waals surface area contributed by atoms with Crippen LogP contribution in [0.1, 0.15) is 41.9 Å². The number of hydrogen-bond acceptors (Lipinski definition) is 4. The molecule has 0 aliphatic rings. The molecule has 0 spiro atoms. The lowest BCUT2D eigenvalue weighted by Crippen LogP contribution is -2.10. The number of nitriles is 1. The fourth-order valence-corrected chi connectivity index (χ4v) is 1.72. The lowest BCUT2D eigenvalue weighted by molar-refractivity contribution is 0.0524. The highest BCUT2D eigenvalue weighted by atomic mass is 32.1. The summed E-state index contributed by atoms with van der Waals surface area (Å²) in [6, 6.07) is 3.46. The Balaban J connectivity index is 3.29. The molecular formula is C12H14N2O2S. The molecule has 1 N–H and O–H groups in total. The van der Waals surface area contributed by atoms with Gasteiger partial charge in [-0.25, -0.2) is 4.79 Å². The summed E-state index contributed by atoms with van der Waals surface area (Å²) in [5, 5.41) is 8.89.